The Hall–Kier alpha value is -2.14. The van der Waals surface area contributed by atoms with Gasteiger partial charge in [0.25, 0.3) is 0 Å². The van der Waals surface area contributed by atoms with Crippen molar-refractivity contribution in [2.45, 2.75) is 13.1 Å². The van der Waals surface area contributed by atoms with Gasteiger partial charge in [-0.25, -0.2) is 9.78 Å². The number of carbonyl (C=O) groups is 1. The molecule has 5 heteroatoms. The number of rotatable bonds is 6. The van der Waals surface area contributed by atoms with Crippen LogP contribution in [0.5, 0.6) is 0 Å². The molecule has 0 saturated carbocycles. The Bertz CT molecular complexity index is 520. The van der Waals surface area contributed by atoms with Crippen molar-refractivity contribution in [3.8, 4) is 0 Å². The first-order valence-electron chi connectivity index (χ1n) is 6.11. The van der Waals surface area contributed by atoms with Crippen LogP contribution in [0.15, 0.2) is 43.0 Å². The maximum atomic E-state index is 10.7. The van der Waals surface area contributed by atoms with E-state index in [0.717, 1.165) is 25.2 Å². The molecular formula is C14H17N3O2. The van der Waals surface area contributed by atoms with Crippen molar-refractivity contribution in [1.82, 2.24) is 14.5 Å². The Kier molecular flexibility index (Phi) is 4.30. The Morgan fingerprint density at radius 1 is 1.37 bits per heavy atom. The predicted molar refractivity (Wildman–Crippen MR) is 72.0 cm³/mol. The van der Waals surface area contributed by atoms with Gasteiger partial charge in [0.05, 0.1) is 11.9 Å². The molecule has 2 aromatic rings. The number of hydrogen-bond acceptors (Lipinski definition) is 3. The third kappa shape index (κ3) is 3.93. The molecule has 5 nitrogen and oxygen atoms in total. The molecule has 0 fully saturated rings. The summed E-state index contributed by atoms with van der Waals surface area (Å²) in [7, 11) is 2.04. The van der Waals surface area contributed by atoms with E-state index >= 15 is 0 Å². The second-order valence-corrected chi connectivity index (χ2v) is 4.54. The summed E-state index contributed by atoms with van der Waals surface area (Å²) < 4.78 is 2.03. The van der Waals surface area contributed by atoms with Gasteiger partial charge in [0.2, 0.25) is 0 Å². The molecule has 0 unspecified atom stereocenters. The highest BCUT2D eigenvalue weighted by molar-refractivity contribution is 5.87. The number of hydrogen-bond donors (Lipinski definition) is 1. The van der Waals surface area contributed by atoms with E-state index in [2.05, 4.69) is 9.88 Å². The maximum Gasteiger partial charge on any atom is 0.335 e. The van der Waals surface area contributed by atoms with E-state index in [1.54, 1.807) is 24.7 Å². The number of imidazole rings is 1. The minimum Gasteiger partial charge on any atom is -0.478 e. The van der Waals surface area contributed by atoms with Crippen LogP contribution in [0.25, 0.3) is 0 Å². The van der Waals surface area contributed by atoms with Gasteiger partial charge in [-0.3, -0.25) is 0 Å². The first-order chi connectivity index (χ1) is 9.15. The van der Waals surface area contributed by atoms with Crippen LogP contribution in [0.1, 0.15) is 15.9 Å². The highest BCUT2D eigenvalue weighted by Crippen LogP contribution is 2.07. The fourth-order valence-corrected chi connectivity index (χ4v) is 1.85. The molecule has 0 aliphatic carbocycles. The van der Waals surface area contributed by atoms with Gasteiger partial charge in [-0.05, 0) is 24.7 Å². The predicted octanol–water partition coefficient (Wildman–Crippen LogP) is 1.71. The zero-order valence-electron chi connectivity index (χ0n) is 10.9. The lowest BCUT2D eigenvalue weighted by atomic mass is 10.1. The molecule has 100 valence electrons. The normalized spacial score (nSPS) is 10.8. The average Bonchev–Trinajstić information content (AvgIpc) is 2.90. The summed E-state index contributed by atoms with van der Waals surface area (Å²) in [6.45, 7) is 2.61. The van der Waals surface area contributed by atoms with Gasteiger partial charge < -0.3 is 14.6 Å². The first kappa shape index (κ1) is 13.3. The van der Waals surface area contributed by atoms with Crippen LogP contribution in [0.2, 0.25) is 0 Å². The van der Waals surface area contributed by atoms with E-state index in [9.17, 15) is 4.79 Å². The van der Waals surface area contributed by atoms with Crippen LogP contribution in [0.3, 0.4) is 0 Å². The lowest BCUT2D eigenvalue weighted by Gasteiger charge is -2.17. The number of carboxylic acids is 1. The molecule has 0 radical (unpaired) electrons. The number of aromatic carboxylic acids is 1. The van der Waals surface area contributed by atoms with Crippen LogP contribution in [-0.2, 0) is 13.1 Å². The van der Waals surface area contributed by atoms with E-state index in [1.807, 2.05) is 29.9 Å². The van der Waals surface area contributed by atoms with Gasteiger partial charge in [0.15, 0.2) is 0 Å². The standard InChI is InChI=1S/C14H17N3O2/c1-16(8-9-17-7-6-15-11-17)10-12-2-4-13(5-3-12)14(18)19/h2-7,11H,8-10H2,1H3,(H,18,19). The molecule has 0 amide bonds. The van der Waals surface area contributed by atoms with Gasteiger partial charge in [-0.1, -0.05) is 12.1 Å². The Labute approximate surface area is 112 Å². The highest BCUT2D eigenvalue weighted by Gasteiger charge is 2.04. The van der Waals surface area contributed by atoms with Gasteiger partial charge in [0.1, 0.15) is 0 Å². The lowest BCUT2D eigenvalue weighted by Crippen LogP contribution is -2.22. The third-order valence-corrected chi connectivity index (χ3v) is 2.95. The van der Waals surface area contributed by atoms with E-state index in [1.165, 1.54) is 0 Å². The molecule has 1 heterocycles. The van der Waals surface area contributed by atoms with Crippen LogP contribution in [-0.4, -0.2) is 39.1 Å². The van der Waals surface area contributed by atoms with E-state index in [0.29, 0.717) is 5.56 Å². The number of likely N-dealkylation sites (N-methyl/N-ethyl adjacent to an activating group) is 1. The Morgan fingerprint density at radius 3 is 2.68 bits per heavy atom. The molecule has 19 heavy (non-hydrogen) atoms. The summed E-state index contributed by atoms with van der Waals surface area (Å²) in [6.07, 6.45) is 5.51. The van der Waals surface area contributed by atoms with Crippen molar-refractivity contribution in [2.75, 3.05) is 13.6 Å². The van der Waals surface area contributed by atoms with Crippen molar-refractivity contribution in [3.05, 3.63) is 54.1 Å². The Morgan fingerprint density at radius 2 is 2.11 bits per heavy atom. The van der Waals surface area contributed by atoms with Crippen molar-refractivity contribution >= 4 is 5.97 Å². The van der Waals surface area contributed by atoms with Crippen LogP contribution >= 0.6 is 0 Å². The molecule has 0 spiro atoms. The minimum absolute atomic E-state index is 0.324. The van der Waals surface area contributed by atoms with Crippen molar-refractivity contribution in [3.63, 3.8) is 0 Å². The van der Waals surface area contributed by atoms with Gasteiger partial charge in [0, 0.05) is 32.0 Å². The van der Waals surface area contributed by atoms with E-state index in [4.69, 9.17) is 5.11 Å². The highest BCUT2D eigenvalue weighted by atomic mass is 16.4. The molecule has 1 aromatic carbocycles. The molecule has 0 aliphatic rings. The molecule has 2 rings (SSSR count). The molecule has 1 aromatic heterocycles. The van der Waals surface area contributed by atoms with Crippen LogP contribution in [0.4, 0.5) is 0 Å². The van der Waals surface area contributed by atoms with Crippen molar-refractivity contribution in [1.29, 1.82) is 0 Å². The van der Waals surface area contributed by atoms with Crippen LogP contribution in [0, 0.1) is 0 Å². The summed E-state index contributed by atoms with van der Waals surface area (Å²) in [5, 5.41) is 8.83. The topological polar surface area (TPSA) is 58.4 Å². The van der Waals surface area contributed by atoms with Crippen LogP contribution < -0.4 is 0 Å². The quantitative estimate of drug-likeness (QED) is 0.858. The van der Waals surface area contributed by atoms with E-state index < -0.39 is 5.97 Å². The lowest BCUT2D eigenvalue weighted by molar-refractivity contribution is 0.0697. The molecular weight excluding hydrogens is 242 g/mol. The summed E-state index contributed by atoms with van der Waals surface area (Å²) >= 11 is 0. The number of nitrogens with zero attached hydrogens (tertiary/aromatic N) is 3. The fourth-order valence-electron chi connectivity index (χ4n) is 1.85. The fraction of sp³-hybridized carbons (Fsp3) is 0.286. The SMILES string of the molecule is CN(CCn1ccnc1)Cc1ccc(C(=O)O)cc1. The molecule has 0 atom stereocenters. The largest absolute Gasteiger partial charge is 0.478 e. The van der Waals surface area contributed by atoms with Gasteiger partial charge in [-0.15, -0.1) is 0 Å². The second kappa shape index (κ2) is 6.15. The molecule has 0 aliphatic heterocycles. The molecule has 1 N–H and O–H groups in total. The number of benzene rings is 1. The van der Waals surface area contributed by atoms with Gasteiger partial charge >= 0.3 is 5.97 Å². The smallest absolute Gasteiger partial charge is 0.335 e. The van der Waals surface area contributed by atoms with Crippen molar-refractivity contribution in [2.24, 2.45) is 0 Å². The summed E-state index contributed by atoms with van der Waals surface area (Å²) in [5.74, 6) is -0.889. The third-order valence-electron chi connectivity index (χ3n) is 2.95. The molecule has 0 bridgehead atoms. The Balaban J connectivity index is 1.84. The number of aromatic nitrogens is 2. The summed E-state index contributed by atoms with van der Waals surface area (Å²) in [5.41, 5.74) is 1.43. The zero-order chi connectivity index (χ0) is 13.7. The monoisotopic (exact) mass is 259 g/mol. The maximum absolute atomic E-state index is 10.7. The summed E-state index contributed by atoms with van der Waals surface area (Å²) in [4.78, 5) is 16.9. The summed E-state index contributed by atoms with van der Waals surface area (Å²) in [6, 6.07) is 7.00. The van der Waals surface area contributed by atoms with Crippen molar-refractivity contribution < 1.29 is 9.90 Å². The zero-order valence-corrected chi connectivity index (χ0v) is 10.9. The molecule has 0 saturated heterocycles. The van der Waals surface area contributed by atoms with E-state index in [-0.39, 0.29) is 0 Å². The number of carboxylic acid groups (broad SMARTS) is 1. The average molecular weight is 259 g/mol. The van der Waals surface area contributed by atoms with Gasteiger partial charge in [-0.2, -0.15) is 0 Å². The second-order valence-electron chi connectivity index (χ2n) is 4.54. The minimum atomic E-state index is -0.889. The first-order valence-corrected chi connectivity index (χ1v) is 6.11.